The summed E-state index contributed by atoms with van der Waals surface area (Å²) in [5, 5.41) is 14.9. The van der Waals surface area contributed by atoms with E-state index in [1.165, 1.54) is 38.4 Å². The van der Waals surface area contributed by atoms with Crippen LogP contribution in [0.15, 0.2) is 146 Å². The van der Waals surface area contributed by atoms with Crippen LogP contribution in [0, 0.1) is 17.9 Å². The maximum Gasteiger partial charge on any atom is 0.210 e. The highest BCUT2D eigenvalue weighted by molar-refractivity contribution is 6.15. The molecule has 1 aliphatic rings. The van der Waals surface area contributed by atoms with Crippen molar-refractivity contribution in [3.8, 4) is 39.7 Å². The smallest absolute Gasteiger partial charge is 0.210 e. The van der Waals surface area contributed by atoms with Gasteiger partial charge in [0, 0.05) is 32.8 Å². The van der Waals surface area contributed by atoms with E-state index in [0.717, 1.165) is 56.4 Å². The lowest BCUT2D eigenvalue weighted by molar-refractivity contribution is 1.17. The van der Waals surface area contributed by atoms with Crippen molar-refractivity contribution in [3.05, 3.63) is 174 Å². The Labute approximate surface area is 282 Å². The number of hydrogen-bond acceptors (Lipinski definition) is 1. The standard InChI is InChI=1S/C45H26N4/c1-47-39-21-19-29(32-22-28(27-46)23-33(25-32)48-40-15-7-4-12-35(40)36-13-5-8-16-41(36)48)26-43(39)49-42-17-9-6-14-37(42)38-20-18-31-24-30-10-2-3-11-34(30)44(31)45(38)49/h2-23,25-26H,24H2. The number of hydrogen-bond donors (Lipinski definition) is 0. The van der Waals surface area contributed by atoms with Crippen molar-refractivity contribution in [2.24, 2.45) is 0 Å². The number of benzene rings is 7. The summed E-state index contributed by atoms with van der Waals surface area (Å²) in [6.07, 6.45) is 0.894. The number of aromatic nitrogens is 2. The van der Waals surface area contributed by atoms with E-state index in [0.29, 0.717) is 11.3 Å². The van der Waals surface area contributed by atoms with E-state index in [2.05, 4.69) is 141 Å². The molecule has 0 bridgehead atoms. The van der Waals surface area contributed by atoms with Crippen LogP contribution >= 0.6 is 0 Å². The first kappa shape index (κ1) is 27.3. The van der Waals surface area contributed by atoms with Gasteiger partial charge < -0.3 is 9.13 Å². The predicted molar refractivity (Wildman–Crippen MR) is 200 cm³/mol. The molecule has 0 amide bonds. The minimum atomic E-state index is 0.578. The topological polar surface area (TPSA) is 38.0 Å². The third-order valence-corrected chi connectivity index (χ3v) is 10.1. The van der Waals surface area contributed by atoms with E-state index in [1.54, 1.807) is 0 Å². The number of nitriles is 1. The summed E-state index contributed by atoms with van der Waals surface area (Å²) in [5.74, 6) is 0. The molecule has 0 spiro atoms. The molecule has 2 heterocycles. The first-order chi connectivity index (χ1) is 24.2. The quantitative estimate of drug-likeness (QED) is 0.181. The Hall–Kier alpha value is -6.88. The number of para-hydroxylation sites is 3. The summed E-state index contributed by atoms with van der Waals surface area (Å²) in [6, 6.07) is 53.1. The minimum absolute atomic E-state index is 0.578. The average molecular weight is 623 g/mol. The molecule has 9 aromatic rings. The highest BCUT2D eigenvalue weighted by Gasteiger charge is 2.26. The van der Waals surface area contributed by atoms with Crippen molar-refractivity contribution in [1.29, 1.82) is 5.26 Å². The van der Waals surface area contributed by atoms with Crippen molar-refractivity contribution in [3.63, 3.8) is 0 Å². The lowest BCUT2D eigenvalue weighted by Gasteiger charge is -2.16. The van der Waals surface area contributed by atoms with Crippen LogP contribution in [0.2, 0.25) is 0 Å². The molecule has 0 saturated heterocycles. The summed E-state index contributed by atoms with van der Waals surface area (Å²) in [5.41, 5.74) is 14.3. The van der Waals surface area contributed by atoms with Gasteiger partial charge in [0.2, 0.25) is 5.69 Å². The second kappa shape index (κ2) is 10.3. The monoisotopic (exact) mass is 622 g/mol. The molecule has 4 nitrogen and oxygen atoms in total. The van der Waals surface area contributed by atoms with Gasteiger partial charge in [0.15, 0.2) is 0 Å². The van der Waals surface area contributed by atoms with Crippen LogP contribution in [-0.4, -0.2) is 9.13 Å². The fourth-order valence-electron chi connectivity index (χ4n) is 8.07. The van der Waals surface area contributed by atoms with Crippen molar-refractivity contribution < 1.29 is 0 Å². The molecule has 0 aliphatic heterocycles. The van der Waals surface area contributed by atoms with Gasteiger partial charge in [-0.15, -0.1) is 0 Å². The molecule has 0 N–H and O–H groups in total. The Morgan fingerprint density at radius 1 is 0.571 bits per heavy atom. The van der Waals surface area contributed by atoms with E-state index in [-0.39, 0.29) is 0 Å². The van der Waals surface area contributed by atoms with E-state index < -0.39 is 0 Å². The van der Waals surface area contributed by atoms with Gasteiger partial charge in [0.05, 0.1) is 46.0 Å². The van der Waals surface area contributed by atoms with Crippen LogP contribution in [-0.2, 0) is 6.42 Å². The minimum Gasteiger partial charge on any atom is -0.318 e. The maximum atomic E-state index is 10.2. The van der Waals surface area contributed by atoms with Crippen LogP contribution in [0.1, 0.15) is 16.7 Å². The molecule has 4 heteroatoms. The molecule has 7 aromatic carbocycles. The van der Waals surface area contributed by atoms with Crippen molar-refractivity contribution in [2.75, 3.05) is 0 Å². The summed E-state index contributed by atoms with van der Waals surface area (Å²) < 4.78 is 4.54. The van der Waals surface area contributed by atoms with Crippen molar-refractivity contribution in [1.82, 2.24) is 9.13 Å². The molecule has 0 fully saturated rings. The van der Waals surface area contributed by atoms with Gasteiger partial charge in [0.1, 0.15) is 0 Å². The molecular formula is C45H26N4. The van der Waals surface area contributed by atoms with Gasteiger partial charge in [-0.05, 0) is 76.7 Å². The average Bonchev–Trinajstić information content (AvgIpc) is 3.82. The van der Waals surface area contributed by atoms with Gasteiger partial charge in [-0.1, -0.05) is 103 Å². The number of fused-ring (bicyclic) bond motifs is 10. The summed E-state index contributed by atoms with van der Waals surface area (Å²) in [7, 11) is 0. The SMILES string of the molecule is [C-]#[N+]c1ccc(-c2cc(C#N)cc(-n3c4ccccc4c4ccccc43)c2)cc1-n1c2ccccc2c2ccc3c(c21)-c1ccccc1C3. The van der Waals surface area contributed by atoms with Crippen molar-refractivity contribution >= 4 is 49.3 Å². The number of nitrogens with zero attached hydrogens (tertiary/aromatic N) is 4. The van der Waals surface area contributed by atoms with Crippen molar-refractivity contribution in [2.45, 2.75) is 6.42 Å². The molecule has 49 heavy (non-hydrogen) atoms. The van der Waals surface area contributed by atoms with Crippen LogP contribution in [0.5, 0.6) is 0 Å². The Morgan fingerprint density at radius 2 is 1.22 bits per heavy atom. The molecule has 0 atom stereocenters. The fraction of sp³-hybridized carbons (Fsp3) is 0.0222. The maximum absolute atomic E-state index is 10.2. The molecule has 0 saturated carbocycles. The van der Waals surface area contributed by atoms with Gasteiger partial charge >= 0.3 is 0 Å². The van der Waals surface area contributed by atoms with Gasteiger partial charge in [-0.3, -0.25) is 0 Å². The second-order valence-corrected chi connectivity index (χ2v) is 12.7. The van der Waals surface area contributed by atoms with Gasteiger partial charge in [0.25, 0.3) is 0 Å². The highest BCUT2D eigenvalue weighted by atomic mass is 15.0. The largest absolute Gasteiger partial charge is 0.318 e. The summed E-state index contributed by atoms with van der Waals surface area (Å²) in [6.45, 7) is 8.26. The zero-order valence-electron chi connectivity index (χ0n) is 26.4. The lowest BCUT2D eigenvalue weighted by Crippen LogP contribution is -1.98. The molecule has 0 radical (unpaired) electrons. The Kier molecular flexibility index (Phi) is 5.73. The second-order valence-electron chi connectivity index (χ2n) is 12.7. The Bertz CT molecular complexity index is 2890. The molecular weight excluding hydrogens is 597 g/mol. The first-order valence-electron chi connectivity index (χ1n) is 16.4. The zero-order valence-corrected chi connectivity index (χ0v) is 26.4. The fourth-order valence-corrected chi connectivity index (χ4v) is 8.07. The summed E-state index contributed by atoms with van der Waals surface area (Å²) in [4.78, 5) is 4.05. The van der Waals surface area contributed by atoms with Crippen LogP contribution in [0.25, 0.3) is 82.1 Å². The lowest BCUT2D eigenvalue weighted by atomic mass is 10.00. The van der Waals surface area contributed by atoms with Crippen LogP contribution < -0.4 is 0 Å². The Balaban J connectivity index is 1.25. The number of rotatable bonds is 3. The van der Waals surface area contributed by atoms with Gasteiger partial charge in [-0.2, -0.15) is 5.26 Å². The van der Waals surface area contributed by atoms with E-state index in [4.69, 9.17) is 6.57 Å². The third kappa shape index (κ3) is 3.89. The molecule has 1 aliphatic carbocycles. The van der Waals surface area contributed by atoms with Gasteiger partial charge in [-0.25, -0.2) is 4.85 Å². The molecule has 2 aromatic heterocycles. The third-order valence-electron chi connectivity index (χ3n) is 10.1. The molecule has 0 unspecified atom stereocenters. The summed E-state index contributed by atoms with van der Waals surface area (Å²) >= 11 is 0. The highest BCUT2D eigenvalue weighted by Crippen LogP contribution is 2.47. The molecule has 10 rings (SSSR count). The predicted octanol–water partition coefficient (Wildman–Crippen LogP) is 11.5. The first-order valence-corrected chi connectivity index (χ1v) is 16.4. The normalized spacial score (nSPS) is 12.0. The van der Waals surface area contributed by atoms with Crippen LogP contribution in [0.4, 0.5) is 5.69 Å². The van der Waals surface area contributed by atoms with Crippen LogP contribution in [0.3, 0.4) is 0 Å². The Morgan fingerprint density at radius 3 is 1.94 bits per heavy atom. The van der Waals surface area contributed by atoms with E-state index in [9.17, 15) is 5.26 Å². The zero-order chi connectivity index (χ0) is 32.6. The van der Waals surface area contributed by atoms with E-state index in [1.807, 2.05) is 24.3 Å². The van der Waals surface area contributed by atoms with E-state index >= 15 is 0 Å². The molecule has 226 valence electrons.